The van der Waals surface area contributed by atoms with E-state index >= 15 is 0 Å². The molecule has 0 aliphatic heterocycles. The maximum atomic E-state index is 10.9. The summed E-state index contributed by atoms with van der Waals surface area (Å²) < 4.78 is 0. The van der Waals surface area contributed by atoms with Crippen molar-refractivity contribution in [3.8, 4) is 0 Å². The van der Waals surface area contributed by atoms with Crippen LogP contribution in [0.15, 0.2) is 29.2 Å². The summed E-state index contributed by atoms with van der Waals surface area (Å²) in [5.41, 5.74) is 6.42. The van der Waals surface area contributed by atoms with Gasteiger partial charge in [0.25, 0.3) is 5.69 Å². The van der Waals surface area contributed by atoms with Crippen molar-refractivity contribution in [2.24, 2.45) is 11.7 Å². The molecule has 0 spiro atoms. The van der Waals surface area contributed by atoms with Crippen LogP contribution in [0.3, 0.4) is 0 Å². The van der Waals surface area contributed by atoms with E-state index in [4.69, 9.17) is 5.73 Å². The summed E-state index contributed by atoms with van der Waals surface area (Å²) in [5, 5.41) is 10.9. The second-order valence-electron chi connectivity index (χ2n) is 5.10. The largest absolute Gasteiger partial charge is 0.327 e. The predicted molar refractivity (Wildman–Crippen MR) is 78.4 cm³/mol. The van der Waals surface area contributed by atoms with Gasteiger partial charge in [0.2, 0.25) is 0 Å². The highest BCUT2D eigenvalue weighted by Gasteiger charge is 2.21. The van der Waals surface area contributed by atoms with Crippen LogP contribution in [0.1, 0.15) is 32.1 Å². The average Bonchev–Trinajstić information content (AvgIpc) is 2.46. The third-order valence-electron chi connectivity index (χ3n) is 3.75. The van der Waals surface area contributed by atoms with Crippen LogP contribution in [-0.2, 0) is 0 Å². The van der Waals surface area contributed by atoms with Crippen LogP contribution in [0.5, 0.6) is 0 Å². The van der Waals surface area contributed by atoms with E-state index in [2.05, 4.69) is 0 Å². The van der Waals surface area contributed by atoms with E-state index in [0.717, 1.165) is 10.6 Å². The molecule has 0 amide bonds. The van der Waals surface area contributed by atoms with Crippen LogP contribution in [0.4, 0.5) is 5.69 Å². The molecule has 104 valence electrons. The third kappa shape index (κ3) is 3.94. The lowest BCUT2D eigenvalue weighted by Crippen LogP contribution is -2.33. The molecule has 5 heteroatoms. The van der Waals surface area contributed by atoms with Crippen LogP contribution in [0.2, 0.25) is 0 Å². The molecule has 0 aromatic heterocycles. The molecule has 0 saturated heterocycles. The van der Waals surface area contributed by atoms with Crippen molar-refractivity contribution in [2.75, 3.05) is 5.75 Å². The number of hydrogen-bond donors (Lipinski definition) is 1. The molecular formula is C14H20N2O2S. The van der Waals surface area contributed by atoms with E-state index < -0.39 is 0 Å². The van der Waals surface area contributed by atoms with Crippen LogP contribution >= 0.6 is 11.8 Å². The first-order valence-corrected chi connectivity index (χ1v) is 7.79. The Hall–Kier alpha value is -1.07. The van der Waals surface area contributed by atoms with E-state index in [1.54, 1.807) is 18.2 Å². The fourth-order valence-corrected chi connectivity index (χ4v) is 3.72. The molecule has 1 fully saturated rings. The van der Waals surface area contributed by atoms with E-state index in [-0.39, 0.29) is 16.7 Å². The Labute approximate surface area is 117 Å². The normalized spacial score (nSPS) is 18.2. The van der Waals surface area contributed by atoms with Crippen LogP contribution < -0.4 is 5.73 Å². The van der Waals surface area contributed by atoms with E-state index in [1.807, 2.05) is 6.07 Å². The summed E-state index contributed by atoms with van der Waals surface area (Å²) in [4.78, 5) is 11.3. The van der Waals surface area contributed by atoms with Crippen molar-refractivity contribution in [3.05, 3.63) is 34.4 Å². The Balaban J connectivity index is 1.92. The maximum Gasteiger partial charge on any atom is 0.282 e. The minimum atomic E-state index is -0.325. The van der Waals surface area contributed by atoms with Gasteiger partial charge in [-0.25, -0.2) is 0 Å². The van der Waals surface area contributed by atoms with Gasteiger partial charge in [0.1, 0.15) is 0 Å². The van der Waals surface area contributed by atoms with Gasteiger partial charge in [-0.05, 0) is 24.8 Å². The molecule has 0 heterocycles. The maximum absolute atomic E-state index is 10.9. The van der Waals surface area contributed by atoms with Gasteiger partial charge >= 0.3 is 0 Å². The summed E-state index contributed by atoms with van der Waals surface area (Å²) in [7, 11) is 0. The molecule has 2 N–H and O–H groups in total. The zero-order valence-corrected chi connectivity index (χ0v) is 11.8. The monoisotopic (exact) mass is 280 g/mol. The second kappa shape index (κ2) is 6.91. The summed E-state index contributed by atoms with van der Waals surface area (Å²) in [5.74, 6) is 1.35. The second-order valence-corrected chi connectivity index (χ2v) is 6.16. The van der Waals surface area contributed by atoms with Crippen molar-refractivity contribution in [3.63, 3.8) is 0 Å². The number of thioether (sulfide) groups is 1. The quantitative estimate of drug-likeness (QED) is 0.508. The number of nitro benzene ring substituents is 1. The summed E-state index contributed by atoms with van der Waals surface area (Å²) in [6.07, 6.45) is 6.28. The van der Waals surface area contributed by atoms with Crippen molar-refractivity contribution in [1.29, 1.82) is 0 Å². The molecule has 1 aliphatic carbocycles. The van der Waals surface area contributed by atoms with Gasteiger partial charge in [0.15, 0.2) is 0 Å². The zero-order chi connectivity index (χ0) is 13.7. The van der Waals surface area contributed by atoms with E-state index in [9.17, 15) is 10.1 Å². The van der Waals surface area contributed by atoms with Crippen molar-refractivity contribution >= 4 is 17.4 Å². The highest BCUT2D eigenvalue weighted by atomic mass is 32.2. The lowest BCUT2D eigenvalue weighted by molar-refractivity contribution is -0.387. The van der Waals surface area contributed by atoms with E-state index in [1.165, 1.54) is 43.9 Å². The van der Waals surface area contributed by atoms with Gasteiger partial charge in [0, 0.05) is 17.9 Å². The van der Waals surface area contributed by atoms with Crippen molar-refractivity contribution < 1.29 is 4.92 Å². The highest BCUT2D eigenvalue weighted by molar-refractivity contribution is 7.99. The fourth-order valence-electron chi connectivity index (χ4n) is 2.61. The zero-order valence-electron chi connectivity index (χ0n) is 11.0. The molecule has 1 aromatic rings. The van der Waals surface area contributed by atoms with Gasteiger partial charge in [-0.15, -0.1) is 11.8 Å². The lowest BCUT2D eigenvalue weighted by atomic mass is 9.85. The van der Waals surface area contributed by atoms with E-state index in [0.29, 0.717) is 5.92 Å². The number of hydrogen-bond acceptors (Lipinski definition) is 4. The van der Waals surface area contributed by atoms with Gasteiger partial charge in [-0.1, -0.05) is 31.4 Å². The van der Waals surface area contributed by atoms with Crippen LogP contribution in [-0.4, -0.2) is 16.7 Å². The molecule has 19 heavy (non-hydrogen) atoms. The molecule has 1 atom stereocenters. The SMILES string of the molecule is NC(CSc1ccccc1[N+](=O)[O-])C1CCCCC1. The average molecular weight is 280 g/mol. The number of nitro groups is 1. The molecule has 1 aromatic carbocycles. The molecule has 1 saturated carbocycles. The summed E-state index contributed by atoms with van der Waals surface area (Å²) in [6, 6.07) is 7.03. The first kappa shape index (κ1) is 14.3. The van der Waals surface area contributed by atoms with Gasteiger partial charge in [-0.3, -0.25) is 10.1 Å². The van der Waals surface area contributed by atoms with Gasteiger partial charge < -0.3 is 5.73 Å². The number of nitrogens with zero attached hydrogens (tertiary/aromatic N) is 1. The molecular weight excluding hydrogens is 260 g/mol. The number of nitrogens with two attached hydrogens (primary N) is 1. The first-order chi connectivity index (χ1) is 9.18. The number of rotatable bonds is 5. The fraction of sp³-hybridized carbons (Fsp3) is 0.571. The Morgan fingerprint density at radius 1 is 1.32 bits per heavy atom. The Morgan fingerprint density at radius 3 is 2.68 bits per heavy atom. The van der Waals surface area contributed by atoms with Crippen LogP contribution in [0, 0.1) is 16.0 Å². The van der Waals surface area contributed by atoms with Gasteiger partial charge in [0.05, 0.1) is 9.82 Å². The molecule has 0 radical (unpaired) electrons. The highest BCUT2D eigenvalue weighted by Crippen LogP contribution is 2.32. The van der Waals surface area contributed by atoms with Gasteiger partial charge in [-0.2, -0.15) is 0 Å². The standard InChI is InChI=1S/C14H20N2O2S/c15-12(11-6-2-1-3-7-11)10-19-14-9-5-4-8-13(14)16(17)18/h4-5,8-9,11-12H,1-3,6-7,10,15H2. The summed E-state index contributed by atoms with van der Waals surface area (Å²) >= 11 is 1.51. The molecule has 0 bridgehead atoms. The topological polar surface area (TPSA) is 69.2 Å². The molecule has 1 aliphatic rings. The van der Waals surface area contributed by atoms with Crippen LogP contribution in [0.25, 0.3) is 0 Å². The van der Waals surface area contributed by atoms with Crippen molar-refractivity contribution in [1.82, 2.24) is 0 Å². The number of para-hydroxylation sites is 1. The molecule has 1 unspecified atom stereocenters. The third-order valence-corrected chi connectivity index (χ3v) is 4.96. The Morgan fingerprint density at radius 2 is 2.00 bits per heavy atom. The Kier molecular flexibility index (Phi) is 5.22. The Bertz CT molecular complexity index is 433. The molecule has 2 rings (SSSR count). The predicted octanol–water partition coefficient (Wildman–Crippen LogP) is 3.59. The first-order valence-electron chi connectivity index (χ1n) is 6.80. The minimum Gasteiger partial charge on any atom is -0.327 e. The summed E-state index contributed by atoms with van der Waals surface area (Å²) in [6.45, 7) is 0. The van der Waals surface area contributed by atoms with Crippen molar-refractivity contribution in [2.45, 2.75) is 43.0 Å². The molecule has 4 nitrogen and oxygen atoms in total. The number of benzene rings is 1. The minimum absolute atomic E-state index is 0.144. The lowest BCUT2D eigenvalue weighted by Gasteiger charge is -2.27. The smallest absolute Gasteiger partial charge is 0.282 e.